The van der Waals surface area contributed by atoms with Crippen molar-refractivity contribution in [2.45, 2.75) is 110 Å². The van der Waals surface area contributed by atoms with Crippen molar-refractivity contribution in [2.24, 2.45) is 0 Å². The number of hydrogen-bond donors (Lipinski definition) is 3. The van der Waals surface area contributed by atoms with E-state index in [4.69, 9.17) is 9.79 Å². The Kier molecular flexibility index (Phi) is 17.9. The summed E-state index contributed by atoms with van der Waals surface area (Å²) in [5.41, 5.74) is 0. The second-order valence-electron chi connectivity index (χ2n) is 7.59. The summed E-state index contributed by atoms with van der Waals surface area (Å²) >= 11 is 0. The van der Waals surface area contributed by atoms with Gasteiger partial charge in [0, 0.05) is 12.5 Å². The third-order valence-electron chi connectivity index (χ3n) is 4.57. The average Bonchev–Trinajstić information content (AvgIpc) is 2.62. The van der Waals surface area contributed by atoms with Crippen LogP contribution in [0.2, 0.25) is 0 Å². The minimum absolute atomic E-state index is 0.0977. The molecule has 0 saturated carbocycles. The van der Waals surface area contributed by atoms with Crippen LogP contribution >= 0.6 is 7.82 Å². The zero-order chi connectivity index (χ0) is 21.1. The van der Waals surface area contributed by atoms with E-state index in [0.717, 1.165) is 25.7 Å². The van der Waals surface area contributed by atoms with Crippen LogP contribution in [-0.4, -0.2) is 28.3 Å². The van der Waals surface area contributed by atoms with Crippen LogP contribution in [-0.2, 0) is 13.9 Å². The summed E-state index contributed by atoms with van der Waals surface area (Å²) in [4.78, 5) is 29.0. The molecule has 0 aliphatic rings. The fraction of sp³-hybridized carbons (Fsp3) is 0.857. The van der Waals surface area contributed by atoms with E-state index in [-0.39, 0.29) is 12.5 Å². The fourth-order valence-corrected chi connectivity index (χ4v) is 3.37. The molecule has 0 aliphatic heterocycles. The Bertz CT molecular complexity index is 450. The summed E-state index contributed by atoms with van der Waals surface area (Å²) in [6, 6.07) is -0.414. The number of rotatable bonds is 19. The van der Waals surface area contributed by atoms with Gasteiger partial charge in [0.25, 0.3) is 0 Å². The Morgan fingerprint density at radius 2 is 1.43 bits per heavy atom. The minimum Gasteiger partial charge on any atom is -0.351 e. The van der Waals surface area contributed by atoms with Gasteiger partial charge >= 0.3 is 7.82 Å². The predicted octanol–water partition coefficient (Wildman–Crippen LogP) is 5.64. The van der Waals surface area contributed by atoms with Crippen molar-refractivity contribution >= 4 is 13.7 Å². The van der Waals surface area contributed by atoms with Gasteiger partial charge in [0.1, 0.15) is 0 Å². The second kappa shape index (κ2) is 18.4. The third kappa shape index (κ3) is 21.6. The molecule has 1 amide bonds. The van der Waals surface area contributed by atoms with Crippen molar-refractivity contribution < 1.29 is 23.7 Å². The van der Waals surface area contributed by atoms with Gasteiger partial charge in [-0.05, 0) is 39.0 Å². The van der Waals surface area contributed by atoms with Crippen molar-refractivity contribution in [1.82, 2.24) is 5.32 Å². The van der Waals surface area contributed by atoms with Crippen molar-refractivity contribution in [2.75, 3.05) is 6.61 Å². The number of phosphoric acid groups is 1. The molecule has 0 aromatic carbocycles. The van der Waals surface area contributed by atoms with Gasteiger partial charge in [-0.1, -0.05) is 70.4 Å². The topological polar surface area (TPSA) is 95.9 Å². The normalized spacial score (nSPS) is 13.1. The fourth-order valence-electron chi connectivity index (χ4n) is 2.95. The molecule has 0 saturated heterocycles. The van der Waals surface area contributed by atoms with Gasteiger partial charge in [-0.15, -0.1) is 0 Å². The smallest absolute Gasteiger partial charge is 0.351 e. The molecular weight excluding hydrogens is 377 g/mol. The maximum Gasteiger partial charge on any atom is 0.469 e. The Hall–Kier alpha value is -0.680. The summed E-state index contributed by atoms with van der Waals surface area (Å²) in [7, 11) is -4.47. The highest BCUT2D eigenvalue weighted by atomic mass is 31.2. The van der Waals surface area contributed by atoms with Gasteiger partial charge in [0.05, 0.1) is 6.61 Å². The van der Waals surface area contributed by atoms with Crippen LogP contribution in [0.15, 0.2) is 12.2 Å². The van der Waals surface area contributed by atoms with Gasteiger partial charge in [-0.3, -0.25) is 9.32 Å². The molecule has 0 aromatic rings. The molecule has 28 heavy (non-hydrogen) atoms. The van der Waals surface area contributed by atoms with E-state index < -0.39 is 13.9 Å². The van der Waals surface area contributed by atoms with Crippen molar-refractivity contribution in [3.05, 3.63) is 12.2 Å². The summed E-state index contributed by atoms with van der Waals surface area (Å²) < 4.78 is 15.0. The molecule has 1 atom stereocenters. The first kappa shape index (κ1) is 27.3. The van der Waals surface area contributed by atoms with Crippen LogP contribution in [0.4, 0.5) is 0 Å². The second-order valence-corrected chi connectivity index (χ2v) is 8.83. The molecule has 0 bridgehead atoms. The Balaban J connectivity index is 3.39. The number of nitrogens with one attached hydrogen (secondary N) is 1. The van der Waals surface area contributed by atoms with Crippen LogP contribution < -0.4 is 5.32 Å². The first-order chi connectivity index (χ1) is 13.3. The van der Waals surface area contributed by atoms with Crippen LogP contribution in [0, 0.1) is 0 Å². The summed E-state index contributed by atoms with van der Waals surface area (Å²) in [5, 5.41) is 2.69. The molecule has 0 aliphatic carbocycles. The number of carbonyl (C=O) groups excluding carboxylic acids is 1. The molecule has 0 rings (SSSR count). The lowest BCUT2D eigenvalue weighted by molar-refractivity contribution is -0.122. The van der Waals surface area contributed by atoms with Gasteiger partial charge in [-0.25, -0.2) is 4.57 Å². The van der Waals surface area contributed by atoms with Gasteiger partial charge in [0.2, 0.25) is 5.91 Å². The SMILES string of the molecule is CCCCCCCC/C=C\CCCCCCCC(=O)N[C@H](C)COP(=O)(O)O. The number of hydrogen-bond acceptors (Lipinski definition) is 3. The molecule has 0 unspecified atom stereocenters. The zero-order valence-electron chi connectivity index (χ0n) is 17.9. The van der Waals surface area contributed by atoms with Crippen molar-refractivity contribution in [3.63, 3.8) is 0 Å². The van der Waals surface area contributed by atoms with Crippen LogP contribution in [0.3, 0.4) is 0 Å². The van der Waals surface area contributed by atoms with Gasteiger partial charge < -0.3 is 15.1 Å². The highest BCUT2D eigenvalue weighted by Gasteiger charge is 2.16. The number of allylic oxidation sites excluding steroid dienone is 2. The standard InChI is InChI=1S/C21H42NO5P/c1-3-4-5-6-7-8-9-10-11-12-13-14-15-16-17-18-21(23)22-20(2)19-27-28(24,25)26/h10-11,20H,3-9,12-19H2,1-2H3,(H,22,23)(H2,24,25,26)/b11-10-/t20-/m1/s1. The minimum atomic E-state index is -4.47. The Morgan fingerprint density at radius 1 is 0.929 bits per heavy atom. The number of phosphoric ester groups is 1. The lowest BCUT2D eigenvalue weighted by atomic mass is 10.1. The van der Waals surface area contributed by atoms with Crippen LogP contribution in [0.5, 0.6) is 0 Å². The summed E-state index contributed by atoms with van der Waals surface area (Å²) in [5.74, 6) is -0.0977. The van der Waals surface area contributed by atoms with E-state index in [1.807, 2.05) is 0 Å². The highest BCUT2D eigenvalue weighted by Crippen LogP contribution is 2.35. The van der Waals surface area contributed by atoms with E-state index in [1.54, 1.807) is 6.92 Å². The Morgan fingerprint density at radius 3 is 1.96 bits per heavy atom. The maximum atomic E-state index is 11.7. The van der Waals surface area contributed by atoms with E-state index >= 15 is 0 Å². The quantitative estimate of drug-likeness (QED) is 0.143. The number of carbonyl (C=O) groups is 1. The van der Waals surface area contributed by atoms with E-state index in [2.05, 4.69) is 28.9 Å². The molecule has 0 aromatic heterocycles. The highest BCUT2D eigenvalue weighted by molar-refractivity contribution is 7.46. The predicted molar refractivity (Wildman–Crippen MR) is 115 cm³/mol. The molecule has 0 heterocycles. The number of unbranched alkanes of at least 4 members (excludes halogenated alkanes) is 11. The maximum absolute atomic E-state index is 11.7. The molecule has 3 N–H and O–H groups in total. The summed E-state index contributed by atoms with van der Waals surface area (Å²) in [6.45, 7) is 3.72. The average molecular weight is 420 g/mol. The molecule has 0 spiro atoms. The van der Waals surface area contributed by atoms with Crippen molar-refractivity contribution in [3.8, 4) is 0 Å². The van der Waals surface area contributed by atoms with Gasteiger partial charge in [-0.2, -0.15) is 0 Å². The Labute approximate surface area is 171 Å². The van der Waals surface area contributed by atoms with Crippen LogP contribution in [0.25, 0.3) is 0 Å². The molecular formula is C21H42NO5P. The van der Waals surface area contributed by atoms with Crippen LogP contribution in [0.1, 0.15) is 104 Å². The molecule has 0 fully saturated rings. The van der Waals surface area contributed by atoms with E-state index in [9.17, 15) is 9.36 Å². The molecule has 0 radical (unpaired) electrons. The number of amides is 1. The first-order valence-corrected chi connectivity index (χ1v) is 12.5. The zero-order valence-corrected chi connectivity index (χ0v) is 18.8. The first-order valence-electron chi connectivity index (χ1n) is 11.0. The third-order valence-corrected chi connectivity index (χ3v) is 5.05. The molecule has 7 heteroatoms. The largest absolute Gasteiger partial charge is 0.469 e. The van der Waals surface area contributed by atoms with Crippen molar-refractivity contribution in [1.29, 1.82) is 0 Å². The summed E-state index contributed by atoms with van der Waals surface area (Å²) in [6.07, 6.45) is 20.9. The lowest BCUT2D eigenvalue weighted by Crippen LogP contribution is -2.35. The monoisotopic (exact) mass is 419 g/mol. The molecule has 6 nitrogen and oxygen atoms in total. The lowest BCUT2D eigenvalue weighted by Gasteiger charge is -2.14. The van der Waals surface area contributed by atoms with Gasteiger partial charge in [0.15, 0.2) is 0 Å². The molecule has 166 valence electrons. The van der Waals surface area contributed by atoms with E-state index in [1.165, 1.54) is 57.8 Å². The van der Waals surface area contributed by atoms with E-state index in [0.29, 0.717) is 6.42 Å².